The molecule has 7 nitrogen and oxygen atoms in total. The number of nitrogens with zero attached hydrogens (tertiary/aromatic N) is 5. The Labute approximate surface area is 160 Å². The molecule has 27 heavy (non-hydrogen) atoms. The van der Waals surface area contributed by atoms with Crippen LogP contribution in [0.1, 0.15) is 43.1 Å². The van der Waals surface area contributed by atoms with Crippen LogP contribution >= 0.6 is 0 Å². The molecule has 1 aliphatic heterocycles. The number of amides is 1. The van der Waals surface area contributed by atoms with Crippen molar-refractivity contribution in [3.8, 4) is 0 Å². The van der Waals surface area contributed by atoms with Crippen LogP contribution in [0.4, 0.5) is 0 Å². The molecule has 7 heteroatoms. The van der Waals surface area contributed by atoms with Crippen molar-refractivity contribution in [1.29, 1.82) is 0 Å². The van der Waals surface area contributed by atoms with Gasteiger partial charge in [-0.15, -0.1) is 0 Å². The second-order valence-corrected chi connectivity index (χ2v) is 7.40. The van der Waals surface area contributed by atoms with Crippen molar-refractivity contribution in [2.24, 2.45) is 5.92 Å². The van der Waals surface area contributed by atoms with Crippen molar-refractivity contribution >= 4 is 5.91 Å². The number of aromatic nitrogens is 3. The molecule has 0 aliphatic carbocycles. The standard InChI is InChI=1S/C20H29N5O2/c1-16-22-19(27-23-16)15-25-12-5-6-17(14-25)8-9-20(26)24(2)13-10-18-7-3-4-11-21-18/h3-4,7,11,17H,5-6,8-10,12-15H2,1-2H3/t17-/m1/s1. The minimum atomic E-state index is 0.218. The van der Waals surface area contributed by atoms with E-state index in [9.17, 15) is 4.79 Å². The van der Waals surface area contributed by atoms with E-state index in [4.69, 9.17) is 4.52 Å². The highest BCUT2D eigenvalue weighted by Crippen LogP contribution is 2.22. The van der Waals surface area contributed by atoms with E-state index in [0.717, 1.165) is 38.0 Å². The van der Waals surface area contributed by atoms with Crippen LogP contribution in [0.25, 0.3) is 0 Å². The van der Waals surface area contributed by atoms with Crippen LogP contribution in [0.15, 0.2) is 28.9 Å². The molecule has 1 saturated heterocycles. The van der Waals surface area contributed by atoms with Gasteiger partial charge in [0.05, 0.1) is 6.54 Å². The van der Waals surface area contributed by atoms with Crippen LogP contribution in [-0.2, 0) is 17.8 Å². The maximum absolute atomic E-state index is 12.4. The van der Waals surface area contributed by atoms with E-state index in [1.54, 1.807) is 6.20 Å². The van der Waals surface area contributed by atoms with Gasteiger partial charge in [-0.3, -0.25) is 14.7 Å². The maximum atomic E-state index is 12.4. The van der Waals surface area contributed by atoms with Gasteiger partial charge < -0.3 is 9.42 Å². The Bertz CT molecular complexity index is 718. The van der Waals surface area contributed by atoms with Gasteiger partial charge in [0.25, 0.3) is 0 Å². The second kappa shape index (κ2) is 9.60. The number of likely N-dealkylation sites (tertiary alicyclic amines) is 1. The van der Waals surface area contributed by atoms with Crippen LogP contribution in [0.2, 0.25) is 0 Å². The molecule has 0 aromatic carbocycles. The summed E-state index contributed by atoms with van der Waals surface area (Å²) in [6, 6.07) is 5.89. The minimum absolute atomic E-state index is 0.218. The quantitative estimate of drug-likeness (QED) is 0.710. The van der Waals surface area contributed by atoms with E-state index in [1.165, 1.54) is 6.42 Å². The fraction of sp³-hybridized carbons (Fsp3) is 0.600. The zero-order valence-corrected chi connectivity index (χ0v) is 16.3. The van der Waals surface area contributed by atoms with E-state index in [2.05, 4.69) is 20.0 Å². The van der Waals surface area contributed by atoms with E-state index < -0.39 is 0 Å². The molecule has 1 fully saturated rings. The van der Waals surface area contributed by atoms with Crippen LogP contribution < -0.4 is 0 Å². The lowest BCUT2D eigenvalue weighted by atomic mass is 9.93. The molecular formula is C20H29N5O2. The SMILES string of the molecule is Cc1noc(CN2CCC[C@H](CCC(=O)N(C)CCc3ccccn3)C2)n1. The summed E-state index contributed by atoms with van der Waals surface area (Å²) in [4.78, 5) is 25.2. The summed E-state index contributed by atoms with van der Waals surface area (Å²) < 4.78 is 5.23. The van der Waals surface area contributed by atoms with Crippen LogP contribution in [-0.4, -0.2) is 57.5 Å². The van der Waals surface area contributed by atoms with Crippen LogP contribution in [0.3, 0.4) is 0 Å². The number of piperidine rings is 1. The van der Waals surface area contributed by atoms with Crippen molar-refractivity contribution in [1.82, 2.24) is 24.9 Å². The van der Waals surface area contributed by atoms with Gasteiger partial charge in [0, 0.05) is 44.9 Å². The predicted molar refractivity (Wildman–Crippen MR) is 102 cm³/mol. The van der Waals surface area contributed by atoms with Crippen molar-refractivity contribution < 1.29 is 9.32 Å². The average molecular weight is 371 g/mol. The molecule has 1 atom stereocenters. The predicted octanol–water partition coefficient (Wildman–Crippen LogP) is 2.47. The third-order valence-corrected chi connectivity index (χ3v) is 5.15. The zero-order chi connectivity index (χ0) is 19.1. The number of aryl methyl sites for hydroxylation is 1. The molecule has 1 aliphatic rings. The number of carbonyl (C=O) groups excluding carboxylic acids is 1. The van der Waals surface area contributed by atoms with Crippen LogP contribution in [0.5, 0.6) is 0 Å². The summed E-state index contributed by atoms with van der Waals surface area (Å²) >= 11 is 0. The Morgan fingerprint density at radius 2 is 2.30 bits per heavy atom. The van der Waals surface area contributed by atoms with Crippen molar-refractivity contribution in [2.75, 3.05) is 26.7 Å². The minimum Gasteiger partial charge on any atom is -0.345 e. The normalized spacial score (nSPS) is 17.8. The molecule has 146 valence electrons. The fourth-order valence-corrected chi connectivity index (χ4v) is 3.60. The molecular weight excluding hydrogens is 342 g/mol. The Kier molecular flexibility index (Phi) is 6.92. The first-order valence-electron chi connectivity index (χ1n) is 9.75. The summed E-state index contributed by atoms with van der Waals surface area (Å²) in [7, 11) is 1.89. The van der Waals surface area contributed by atoms with Gasteiger partial charge in [-0.1, -0.05) is 11.2 Å². The van der Waals surface area contributed by atoms with E-state index >= 15 is 0 Å². The molecule has 0 radical (unpaired) electrons. The Morgan fingerprint density at radius 3 is 3.04 bits per heavy atom. The van der Waals surface area contributed by atoms with Crippen molar-refractivity contribution in [3.63, 3.8) is 0 Å². The Hall–Kier alpha value is -2.28. The van der Waals surface area contributed by atoms with E-state index in [1.807, 2.05) is 37.1 Å². The Balaban J connectivity index is 1.38. The van der Waals surface area contributed by atoms with Crippen molar-refractivity contribution in [3.05, 3.63) is 41.8 Å². The summed E-state index contributed by atoms with van der Waals surface area (Å²) in [5.74, 6) is 2.13. The fourth-order valence-electron chi connectivity index (χ4n) is 3.60. The van der Waals surface area contributed by atoms with E-state index in [-0.39, 0.29) is 5.91 Å². The largest absolute Gasteiger partial charge is 0.345 e. The number of hydrogen-bond acceptors (Lipinski definition) is 6. The molecule has 0 spiro atoms. The lowest BCUT2D eigenvalue weighted by Gasteiger charge is -2.31. The molecule has 2 aromatic heterocycles. The number of hydrogen-bond donors (Lipinski definition) is 0. The zero-order valence-electron chi connectivity index (χ0n) is 16.3. The topological polar surface area (TPSA) is 75.4 Å². The molecule has 2 aromatic rings. The average Bonchev–Trinajstić information content (AvgIpc) is 3.10. The first kappa shape index (κ1) is 19.5. The molecule has 3 rings (SSSR count). The van der Waals surface area contributed by atoms with Gasteiger partial charge in [0.1, 0.15) is 0 Å². The molecule has 0 N–H and O–H groups in total. The molecule has 0 bridgehead atoms. The van der Waals surface area contributed by atoms with Crippen molar-refractivity contribution in [2.45, 2.75) is 45.6 Å². The van der Waals surface area contributed by atoms with Gasteiger partial charge >= 0.3 is 0 Å². The number of pyridine rings is 1. The highest BCUT2D eigenvalue weighted by atomic mass is 16.5. The monoisotopic (exact) mass is 371 g/mol. The van der Waals surface area contributed by atoms with Gasteiger partial charge in [-0.2, -0.15) is 4.98 Å². The first-order chi connectivity index (χ1) is 13.1. The molecule has 0 saturated carbocycles. The first-order valence-corrected chi connectivity index (χ1v) is 9.75. The third-order valence-electron chi connectivity index (χ3n) is 5.15. The second-order valence-electron chi connectivity index (χ2n) is 7.40. The maximum Gasteiger partial charge on any atom is 0.240 e. The van der Waals surface area contributed by atoms with Gasteiger partial charge in [-0.05, 0) is 50.8 Å². The van der Waals surface area contributed by atoms with Gasteiger partial charge in [0.2, 0.25) is 11.8 Å². The Morgan fingerprint density at radius 1 is 1.41 bits per heavy atom. The van der Waals surface area contributed by atoms with E-state index in [0.29, 0.717) is 37.1 Å². The third kappa shape index (κ3) is 6.13. The van der Waals surface area contributed by atoms with Gasteiger partial charge in [-0.25, -0.2) is 0 Å². The number of carbonyl (C=O) groups is 1. The number of rotatable bonds is 8. The lowest BCUT2D eigenvalue weighted by Crippen LogP contribution is -2.36. The summed E-state index contributed by atoms with van der Waals surface area (Å²) in [5, 5.41) is 3.85. The van der Waals surface area contributed by atoms with Gasteiger partial charge in [0.15, 0.2) is 5.82 Å². The summed E-state index contributed by atoms with van der Waals surface area (Å²) in [5.41, 5.74) is 1.02. The van der Waals surface area contributed by atoms with Crippen LogP contribution in [0, 0.1) is 12.8 Å². The smallest absolute Gasteiger partial charge is 0.240 e. The summed E-state index contributed by atoms with van der Waals surface area (Å²) in [6.45, 7) is 5.29. The molecule has 1 amide bonds. The molecule has 0 unspecified atom stereocenters. The highest BCUT2D eigenvalue weighted by molar-refractivity contribution is 5.75. The summed E-state index contributed by atoms with van der Waals surface area (Å²) in [6.07, 6.45) is 6.47. The highest BCUT2D eigenvalue weighted by Gasteiger charge is 2.22. The number of likely N-dealkylation sites (N-methyl/N-ethyl adjacent to an activating group) is 1. The molecule has 3 heterocycles. The lowest BCUT2D eigenvalue weighted by molar-refractivity contribution is -0.130.